The molecule has 7 nitrogen and oxygen atoms in total. The summed E-state index contributed by atoms with van der Waals surface area (Å²) in [5, 5.41) is 0. The molecule has 0 saturated carbocycles. The molecule has 0 N–H and O–H groups in total. The molecule has 2 aliphatic rings. The Bertz CT molecular complexity index is 750. The minimum atomic E-state index is -0.702. The lowest BCUT2D eigenvalue weighted by atomic mass is 10.1. The number of Topliss-reactive ketones (excluding diaryl/α,β-unsaturated/α-hetero) is 1. The molecule has 1 aromatic rings. The number of fused-ring (bicyclic) bond motifs is 1. The van der Waals surface area contributed by atoms with Crippen molar-refractivity contribution < 1.29 is 14.4 Å². The molecule has 3 amide bonds. The minimum absolute atomic E-state index is 0.00546. The molecule has 0 aromatic heterocycles. The Morgan fingerprint density at radius 3 is 2.42 bits per heavy atom. The number of carbonyl (C=O) groups excluding carboxylic acids is 3. The Labute approximate surface area is 155 Å². The van der Waals surface area contributed by atoms with Crippen molar-refractivity contribution in [3.63, 3.8) is 0 Å². The molecular weight excluding hydrogens is 444 g/mol. The summed E-state index contributed by atoms with van der Waals surface area (Å²) in [6.07, 6.45) is -0.631. The zero-order chi connectivity index (χ0) is 17.6. The predicted molar refractivity (Wildman–Crippen MR) is 95.0 cm³/mol. The van der Waals surface area contributed by atoms with E-state index in [1.54, 1.807) is 36.2 Å². The molecule has 126 valence electrons. The van der Waals surface area contributed by atoms with Crippen molar-refractivity contribution in [2.24, 2.45) is 4.99 Å². The molecule has 2 heterocycles. The molecule has 9 heteroatoms. The average Bonchev–Trinajstić information content (AvgIpc) is 2.88. The van der Waals surface area contributed by atoms with Crippen LogP contribution in [0.1, 0.15) is 10.4 Å². The number of hydrogen-bond donors (Lipinski definition) is 0. The number of hydrogen-bond acceptors (Lipinski definition) is 5. The number of ketones is 1. The van der Waals surface area contributed by atoms with E-state index in [4.69, 9.17) is 0 Å². The molecule has 1 saturated heterocycles. The number of amidine groups is 1. The summed E-state index contributed by atoms with van der Waals surface area (Å²) in [6, 6.07) is 5.90. The van der Waals surface area contributed by atoms with Gasteiger partial charge in [0, 0.05) is 24.1 Å². The molecule has 0 aliphatic carbocycles. The highest BCUT2D eigenvalue weighted by Crippen LogP contribution is 2.29. The second-order valence-corrected chi connectivity index (χ2v) is 7.23. The minimum Gasteiger partial charge on any atom is -0.327 e. The normalized spacial score (nSPS) is 23.5. The number of imide groups is 1. The molecule has 2 aliphatic heterocycles. The number of benzene rings is 1. The van der Waals surface area contributed by atoms with Gasteiger partial charge in [-0.05, 0) is 28.1 Å². The maximum absolute atomic E-state index is 12.5. The highest BCUT2D eigenvalue weighted by molar-refractivity contribution is 9.18. The van der Waals surface area contributed by atoms with Crippen molar-refractivity contribution in [2.75, 3.05) is 20.6 Å². The van der Waals surface area contributed by atoms with E-state index in [0.29, 0.717) is 10.3 Å². The van der Waals surface area contributed by atoms with Gasteiger partial charge in [0.2, 0.25) is 0 Å². The van der Waals surface area contributed by atoms with Crippen molar-refractivity contribution >= 4 is 54.3 Å². The SMILES string of the molecule is CN1C(=O)C2C(N=C(Br)N2CC(=O)c2ccc(Br)cc2)N(C)C1=O. The van der Waals surface area contributed by atoms with Gasteiger partial charge in [-0.15, -0.1) is 0 Å². The quantitative estimate of drug-likeness (QED) is 0.513. The van der Waals surface area contributed by atoms with Crippen LogP contribution in [0.15, 0.2) is 33.7 Å². The fraction of sp³-hybridized carbons (Fsp3) is 0.333. The van der Waals surface area contributed by atoms with Gasteiger partial charge in [0.25, 0.3) is 5.91 Å². The maximum Gasteiger partial charge on any atom is 0.328 e. The van der Waals surface area contributed by atoms with Crippen molar-refractivity contribution in [1.29, 1.82) is 0 Å². The van der Waals surface area contributed by atoms with Crippen LogP contribution in [0, 0.1) is 0 Å². The van der Waals surface area contributed by atoms with Gasteiger partial charge in [-0.25, -0.2) is 9.79 Å². The first-order valence-corrected chi connectivity index (χ1v) is 8.73. The summed E-state index contributed by atoms with van der Waals surface area (Å²) in [5.74, 6) is -0.504. The van der Waals surface area contributed by atoms with E-state index >= 15 is 0 Å². The van der Waals surface area contributed by atoms with Gasteiger partial charge in [-0.3, -0.25) is 14.5 Å². The molecule has 2 atom stereocenters. The first-order chi connectivity index (χ1) is 11.3. The third kappa shape index (κ3) is 2.75. The van der Waals surface area contributed by atoms with Gasteiger partial charge in [0.1, 0.15) is 0 Å². The second-order valence-electron chi connectivity index (χ2n) is 5.61. The molecule has 0 spiro atoms. The summed E-state index contributed by atoms with van der Waals surface area (Å²) < 4.78 is 1.28. The van der Waals surface area contributed by atoms with Gasteiger partial charge >= 0.3 is 6.03 Å². The highest BCUT2D eigenvalue weighted by atomic mass is 79.9. The molecule has 2 unspecified atom stereocenters. The number of halogens is 2. The fourth-order valence-electron chi connectivity index (χ4n) is 2.78. The summed E-state index contributed by atoms with van der Waals surface area (Å²) >= 11 is 6.64. The Morgan fingerprint density at radius 2 is 1.79 bits per heavy atom. The Kier molecular flexibility index (Phi) is 4.48. The predicted octanol–water partition coefficient (Wildman–Crippen LogP) is 1.92. The monoisotopic (exact) mass is 456 g/mol. The van der Waals surface area contributed by atoms with Crippen molar-refractivity contribution in [3.05, 3.63) is 34.3 Å². The Morgan fingerprint density at radius 1 is 1.17 bits per heavy atom. The number of likely N-dealkylation sites (N-methyl/N-ethyl adjacent to an activating group) is 2. The third-order valence-corrected chi connectivity index (χ3v) is 5.33. The smallest absolute Gasteiger partial charge is 0.327 e. The summed E-state index contributed by atoms with van der Waals surface area (Å²) in [7, 11) is 3.02. The standard InChI is InChI=1S/C15H14Br2N4O3/c1-19-12-11(13(23)20(2)15(19)24)21(14(17)18-12)7-10(22)8-3-5-9(16)6-4-8/h3-6,11-12H,7H2,1-2H3. The summed E-state index contributed by atoms with van der Waals surface area (Å²) in [5.41, 5.74) is 0.544. The van der Waals surface area contributed by atoms with Crippen molar-refractivity contribution in [1.82, 2.24) is 14.7 Å². The van der Waals surface area contributed by atoms with Crippen LogP contribution in [0.2, 0.25) is 0 Å². The Balaban J connectivity index is 1.84. The fourth-order valence-corrected chi connectivity index (χ4v) is 3.60. The lowest BCUT2D eigenvalue weighted by Crippen LogP contribution is -2.64. The average molecular weight is 458 g/mol. The highest BCUT2D eigenvalue weighted by Gasteiger charge is 2.50. The van der Waals surface area contributed by atoms with E-state index in [9.17, 15) is 14.4 Å². The molecule has 0 bridgehead atoms. The van der Waals surface area contributed by atoms with E-state index in [1.165, 1.54) is 11.9 Å². The van der Waals surface area contributed by atoms with E-state index in [1.807, 2.05) is 0 Å². The van der Waals surface area contributed by atoms with Crippen LogP contribution in [0.5, 0.6) is 0 Å². The lowest BCUT2D eigenvalue weighted by Gasteiger charge is -2.39. The van der Waals surface area contributed by atoms with E-state index in [2.05, 4.69) is 36.9 Å². The zero-order valence-electron chi connectivity index (χ0n) is 12.9. The number of rotatable bonds is 3. The number of amides is 3. The molecule has 3 rings (SSSR count). The van der Waals surface area contributed by atoms with Gasteiger partial charge in [0.15, 0.2) is 22.7 Å². The van der Waals surface area contributed by atoms with Gasteiger partial charge in [-0.1, -0.05) is 28.1 Å². The molecule has 1 aromatic carbocycles. The summed E-state index contributed by atoms with van der Waals surface area (Å²) in [4.78, 5) is 45.4. The Hall–Kier alpha value is -1.74. The van der Waals surface area contributed by atoms with Crippen LogP contribution in [-0.4, -0.2) is 70.0 Å². The van der Waals surface area contributed by atoms with E-state index < -0.39 is 18.2 Å². The topological polar surface area (TPSA) is 73.3 Å². The maximum atomic E-state index is 12.5. The van der Waals surface area contributed by atoms with Gasteiger partial charge < -0.3 is 9.80 Å². The molecule has 1 fully saturated rings. The van der Waals surface area contributed by atoms with Crippen LogP contribution in [0.25, 0.3) is 0 Å². The zero-order valence-corrected chi connectivity index (χ0v) is 16.1. The van der Waals surface area contributed by atoms with E-state index in [-0.39, 0.29) is 18.2 Å². The number of carbonyl (C=O) groups is 3. The van der Waals surface area contributed by atoms with Gasteiger partial charge in [0.05, 0.1) is 6.54 Å². The van der Waals surface area contributed by atoms with Crippen molar-refractivity contribution in [3.8, 4) is 0 Å². The van der Waals surface area contributed by atoms with Crippen LogP contribution < -0.4 is 0 Å². The number of urea groups is 1. The van der Waals surface area contributed by atoms with Gasteiger partial charge in [-0.2, -0.15) is 0 Å². The van der Waals surface area contributed by atoms with Crippen LogP contribution in [-0.2, 0) is 4.79 Å². The molecule has 0 radical (unpaired) electrons. The lowest BCUT2D eigenvalue weighted by molar-refractivity contribution is -0.135. The van der Waals surface area contributed by atoms with Crippen LogP contribution >= 0.6 is 31.9 Å². The number of aliphatic imine (C=N–C) groups is 1. The first-order valence-electron chi connectivity index (χ1n) is 7.14. The van der Waals surface area contributed by atoms with Crippen molar-refractivity contribution in [2.45, 2.75) is 12.2 Å². The van der Waals surface area contributed by atoms with Crippen LogP contribution in [0.3, 0.4) is 0 Å². The van der Waals surface area contributed by atoms with E-state index in [0.717, 1.165) is 9.37 Å². The second kappa shape index (κ2) is 6.29. The first kappa shape index (κ1) is 17.1. The largest absolute Gasteiger partial charge is 0.328 e. The molecular formula is C15H14Br2N4O3. The third-order valence-electron chi connectivity index (χ3n) is 4.14. The summed E-state index contributed by atoms with van der Waals surface area (Å²) in [6.45, 7) is -0.00546. The van der Waals surface area contributed by atoms with Crippen LogP contribution in [0.4, 0.5) is 4.79 Å². The molecule has 24 heavy (non-hydrogen) atoms. The number of nitrogens with zero attached hydrogens (tertiary/aromatic N) is 4.